The van der Waals surface area contributed by atoms with Crippen LogP contribution in [0.2, 0.25) is 33.2 Å². The predicted octanol–water partition coefficient (Wildman–Crippen LogP) is 7.21. The Hall–Kier alpha value is 0.314. The van der Waals surface area contributed by atoms with E-state index in [9.17, 15) is 0 Å². The number of nitrogens with one attached hydrogen (secondary N) is 1. The molecule has 29 heavy (non-hydrogen) atoms. The fourth-order valence-corrected chi connectivity index (χ4v) is 17.7. The highest BCUT2D eigenvalue weighted by Gasteiger charge is 2.47. The van der Waals surface area contributed by atoms with Gasteiger partial charge < -0.3 is 14.2 Å². The van der Waals surface area contributed by atoms with E-state index in [2.05, 4.69) is 88.4 Å². The van der Waals surface area contributed by atoms with Crippen LogP contribution in [0, 0.1) is 11.8 Å². The lowest BCUT2D eigenvalue weighted by atomic mass is 9.98. The lowest BCUT2D eigenvalue weighted by molar-refractivity contribution is 0.152. The lowest BCUT2D eigenvalue weighted by Crippen LogP contribution is -2.50. The molecule has 5 heteroatoms. The summed E-state index contributed by atoms with van der Waals surface area (Å²) in [5, 5.41) is 3.64. The molecule has 0 aromatic carbocycles. The second-order valence-corrected chi connectivity index (χ2v) is 22.4. The summed E-state index contributed by atoms with van der Waals surface area (Å²) in [6.07, 6.45) is 0. The van der Waals surface area contributed by atoms with Gasteiger partial charge >= 0.3 is 0 Å². The maximum atomic E-state index is 6.96. The highest BCUT2D eigenvalue weighted by Crippen LogP contribution is 2.44. The molecule has 0 aromatic heterocycles. The first-order valence-corrected chi connectivity index (χ1v) is 16.6. The van der Waals surface area contributed by atoms with Crippen molar-refractivity contribution in [1.82, 2.24) is 5.32 Å². The van der Waals surface area contributed by atoms with E-state index in [0.29, 0.717) is 45.1 Å². The van der Waals surface area contributed by atoms with Gasteiger partial charge in [0.25, 0.3) is 0 Å². The van der Waals surface area contributed by atoms with Crippen LogP contribution in [0.25, 0.3) is 0 Å². The van der Waals surface area contributed by atoms with Crippen molar-refractivity contribution >= 4 is 16.6 Å². The van der Waals surface area contributed by atoms with E-state index >= 15 is 0 Å². The number of hydrogen-bond acceptors (Lipinski definition) is 3. The first kappa shape index (κ1) is 27.3. The molecule has 1 saturated heterocycles. The zero-order valence-corrected chi connectivity index (χ0v) is 23.8. The van der Waals surface area contributed by atoms with Gasteiger partial charge in [0.2, 0.25) is 0 Å². The van der Waals surface area contributed by atoms with Gasteiger partial charge in [0.15, 0.2) is 16.6 Å². The summed E-state index contributed by atoms with van der Waals surface area (Å²) in [4.78, 5) is 0. The van der Waals surface area contributed by atoms with Crippen molar-refractivity contribution < 1.29 is 8.85 Å². The predicted molar refractivity (Wildman–Crippen MR) is 134 cm³/mol. The molecule has 0 aromatic rings. The molecule has 1 heterocycles. The van der Waals surface area contributed by atoms with Gasteiger partial charge in [-0.2, -0.15) is 0 Å². The first-order chi connectivity index (χ1) is 13.3. The summed E-state index contributed by atoms with van der Waals surface area (Å²) in [7, 11) is -3.60. The minimum absolute atomic E-state index is 0.580. The summed E-state index contributed by atoms with van der Waals surface area (Å²) in [6.45, 7) is 32.6. The van der Waals surface area contributed by atoms with E-state index in [-0.39, 0.29) is 0 Å². The molecule has 0 unspecified atom stereocenters. The van der Waals surface area contributed by atoms with E-state index in [1.54, 1.807) is 0 Å². The van der Waals surface area contributed by atoms with Crippen LogP contribution in [0.3, 0.4) is 0 Å². The molecule has 3 nitrogen and oxygen atoms in total. The largest absolute Gasteiger partial charge is 0.416 e. The summed E-state index contributed by atoms with van der Waals surface area (Å²) in [6, 6.07) is 0. The molecule has 1 N–H and O–H groups in total. The quantitative estimate of drug-likeness (QED) is 0.323. The normalized spacial score (nSPS) is 21.7. The molecule has 0 bridgehead atoms. The Morgan fingerprint density at radius 3 is 1.00 bits per heavy atom. The Morgan fingerprint density at radius 1 is 0.552 bits per heavy atom. The van der Waals surface area contributed by atoms with Crippen LogP contribution in [-0.2, 0) is 8.85 Å². The molecular weight excluding hydrogens is 390 g/mol. The molecule has 0 amide bonds. The highest BCUT2D eigenvalue weighted by atomic mass is 28.4. The summed E-state index contributed by atoms with van der Waals surface area (Å²) in [5.74, 6) is 1.16. The van der Waals surface area contributed by atoms with Gasteiger partial charge in [0, 0.05) is 26.3 Å². The van der Waals surface area contributed by atoms with Crippen molar-refractivity contribution in [2.24, 2.45) is 11.8 Å². The number of rotatable bonds is 12. The Labute approximate surface area is 185 Å². The third kappa shape index (κ3) is 5.77. The SMILES string of the molecule is CC(C)[Si](OC[C@H]1CNC[C@@H]1CO[Si](C(C)C)(C(C)C)C(C)C)(C(C)C)C(C)C. The minimum atomic E-state index is -1.80. The molecule has 0 radical (unpaired) electrons. The Morgan fingerprint density at radius 2 is 0.793 bits per heavy atom. The van der Waals surface area contributed by atoms with Gasteiger partial charge in [0.1, 0.15) is 0 Å². The van der Waals surface area contributed by atoms with Crippen LogP contribution in [0.1, 0.15) is 83.1 Å². The van der Waals surface area contributed by atoms with E-state index < -0.39 is 16.6 Å². The zero-order valence-electron chi connectivity index (χ0n) is 21.8. The minimum Gasteiger partial charge on any atom is -0.416 e. The molecule has 0 aliphatic carbocycles. The first-order valence-electron chi connectivity index (χ1n) is 12.3. The smallest absolute Gasteiger partial charge is 0.200 e. The van der Waals surface area contributed by atoms with E-state index in [1.807, 2.05) is 0 Å². The molecule has 1 fully saturated rings. The fraction of sp³-hybridized carbons (Fsp3) is 1.00. The zero-order chi connectivity index (χ0) is 22.6. The number of hydrogen-bond donors (Lipinski definition) is 1. The molecule has 1 rings (SSSR count). The van der Waals surface area contributed by atoms with Crippen LogP contribution < -0.4 is 5.32 Å². The molecule has 174 valence electrons. The van der Waals surface area contributed by atoms with Gasteiger partial charge in [-0.1, -0.05) is 83.1 Å². The van der Waals surface area contributed by atoms with Gasteiger partial charge in [0.05, 0.1) is 0 Å². The van der Waals surface area contributed by atoms with Crippen LogP contribution in [-0.4, -0.2) is 42.9 Å². The highest BCUT2D eigenvalue weighted by molar-refractivity contribution is 6.78. The summed E-state index contributed by atoms with van der Waals surface area (Å²) < 4.78 is 13.9. The van der Waals surface area contributed by atoms with Crippen molar-refractivity contribution in [3.05, 3.63) is 0 Å². The van der Waals surface area contributed by atoms with E-state index in [4.69, 9.17) is 8.85 Å². The van der Waals surface area contributed by atoms with Gasteiger partial charge in [-0.15, -0.1) is 0 Å². The van der Waals surface area contributed by atoms with Crippen LogP contribution in [0.4, 0.5) is 0 Å². The summed E-state index contributed by atoms with van der Waals surface area (Å²) in [5.41, 5.74) is 3.89. The molecule has 0 spiro atoms. The molecule has 2 atom stereocenters. The third-order valence-corrected chi connectivity index (χ3v) is 20.2. The van der Waals surface area contributed by atoms with Gasteiger partial charge in [-0.05, 0) is 45.1 Å². The third-order valence-electron chi connectivity index (χ3n) is 7.99. The standard InChI is InChI=1S/C24H53NO2Si2/c1-17(2)28(18(3)4,19(5)6)26-15-23-13-25-14-24(23)16-27-29(20(7)8,21(9)10)22(11)12/h17-25H,13-16H2,1-12H3/t23-,24-/m1/s1. The lowest BCUT2D eigenvalue weighted by Gasteiger charge is -2.44. The van der Waals surface area contributed by atoms with E-state index in [1.165, 1.54) is 0 Å². The average molecular weight is 444 g/mol. The molecular formula is C24H53NO2Si2. The van der Waals surface area contributed by atoms with Crippen molar-refractivity contribution in [3.8, 4) is 0 Å². The monoisotopic (exact) mass is 443 g/mol. The van der Waals surface area contributed by atoms with Crippen molar-refractivity contribution in [1.29, 1.82) is 0 Å². The average Bonchev–Trinajstić information content (AvgIpc) is 3.01. The second kappa shape index (κ2) is 11.3. The topological polar surface area (TPSA) is 30.5 Å². The maximum Gasteiger partial charge on any atom is 0.200 e. The van der Waals surface area contributed by atoms with Crippen LogP contribution in [0.5, 0.6) is 0 Å². The van der Waals surface area contributed by atoms with Gasteiger partial charge in [-0.3, -0.25) is 0 Å². The van der Waals surface area contributed by atoms with Crippen LogP contribution >= 0.6 is 0 Å². The second-order valence-electron chi connectivity index (χ2n) is 11.4. The van der Waals surface area contributed by atoms with Gasteiger partial charge in [-0.25, -0.2) is 0 Å². The van der Waals surface area contributed by atoms with Crippen molar-refractivity contribution in [2.75, 3.05) is 26.3 Å². The molecule has 1 aliphatic rings. The fourth-order valence-electron chi connectivity index (χ4n) is 6.68. The Kier molecular flexibility index (Phi) is 10.6. The molecule has 0 saturated carbocycles. The maximum absolute atomic E-state index is 6.96. The van der Waals surface area contributed by atoms with Crippen LogP contribution in [0.15, 0.2) is 0 Å². The van der Waals surface area contributed by atoms with E-state index in [0.717, 1.165) is 26.3 Å². The molecule has 1 aliphatic heterocycles. The Balaban J connectivity index is 2.88. The summed E-state index contributed by atoms with van der Waals surface area (Å²) >= 11 is 0. The van der Waals surface area contributed by atoms with Crippen molar-refractivity contribution in [2.45, 2.75) is 116 Å². The van der Waals surface area contributed by atoms with Crippen molar-refractivity contribution in [3.63, 3.8) is 0 Å². The Bertz CT molecular complexity index is 392.